The number of aromatic nitrogens is 3. The van der Waals surface area contributed by atoms with Crippen LogP contribution < -0.4 is 0 Å². The summed E-state index contributed by atoms with van der Waals surface area (Å²) in [5, 5.41) is -2.67. The molecule has 0 unspecified atom stereocenters. The third-order valence-electron chi connectivity index (χ3n) is 9.61. The van der Waals surface area contributed by atoms with E-state index in [1.165, 1.54) is 24.3 Å². The lowest BCUT2D eigenvalue weighted by molar-refractivity contribution is 1.14. The summed E-state index contributed by atoms with van der Waals surface area (Å²) in [6.07, 6.45) is 0. The van der Waals surface area contributed by atoms with Gasteiger partial charge in [0, 0.05) is 49.4 Å². The van der Waals surface area contributed by atoms with Crippen LogP contribution in [0.3, 0.4) is 0 Å². The van der Waals surface area contributed by atoms with Crippen molar-refractivity contribution in [2.75, 3.05) is 0 Å². The summed E-state index contributed by atoms with van der Waals surface area (Å²) in [5.41, 5.74) is -6.49. The molecule has 12 aromatic rings. The second kappa shape index (κ2) is 12.5. The van der Waals surface area contributed by atoms with Crippen molar-refractivity contribution >= 4 is 65.4 Å². The van der Waals surface area contributed by atoms with Crippen molar-refractivity contribution in [1.82, 2.24) is 13.7 Å². The lowest BCUT2D eigenvalue weighted by Gasteiger charge is -2.13. The third kappa shape index (κ3) is 4.86. The lowest BCUT2D eigenvalue weighted by Crippen LogP contribution is -1.98. The highest BCUT2D eigenvalue weighted by atomic mass is 15.0. The van der Waals surface area contributed by atoms with E-state index in [4.69, 9.17) is 26.0 Å². The van der Waals surface area contributed by atoms with Crippen LogP contribution in [0.2, 0.25) is 0 Å². The molecule has 3 heteroatoms. The Kier molecular flexibility index (Phi) is 3.09. The van der Waals surface area contributed by atoms with Gasteiger partial charge in [0.25, 0.3) is 0 Å². The molecule has 266 valence electrons. The molecule has 0 amide bonds. The van der Waals surface area contributed by atoms with Gasteiger partial charge in [-0.2, -0.15) is 0 Å². The van der Waals surface area contributed by atoms with Crippen molar-refractivity contribution in [3.8, 4) is 39.3 Å². The predicted octanol–water partition coefficient (Wildman–Crippen LogP) is 14.3. The van der Waals surface area contributed by atoms with E-state index in [1.54, 1.807) is 0 Å². The minimum Gasteiger partial charge on any atom is -0.309 e. The molecule has 0 aliphatic carbocycles. The first-order chi connectivity index (χ1) is 40.8. The van der Waals surface area contributed by atoms with Gasteiger partial charge in [0.2, 0.25) is 0 Å². The monoisotopic (exact) mass is 755 g/mol. The maximum Gasteiger partial charge on any atom is 0.0667 e. The average Bonchev–Trinajstić information content (AvgIpc) is 1.55. The first-order valence-electron chi connectivity index (χ1n) is 32.2. The minimum atomic E-state index is -0.968. The van der Waals surface area contributed by atoms with Gasteiger partial charge >= 0.3 is 0 Å². The quantitative estimate of drug-likeness (QED) is 0.166. The van der Waals surface area contributed by atoms with E-state index in [2.05, 4.69) is 0 Å². The molecule has 0 radical (unpaired) electrons. The molecule has 0 aliphatic heterocycles. The molecule has 9 aromatic carbocycles. The summed E-state index contributed by atoms with van der Waals surface area (Å²) < 4.78 is 275. The molecular weight excluding hydrogens is 691 g/mol. The fourth-order valence-electron chi connectivity index (χ4n) is 7.21. The van der Waals surface area contributed by atoms with E-state index >= 15 is 0 Å². The third-order valence-corrected chi connectivity index (χ3v) is 9.61. The van der Waals surface area contributed by atoms with Crippen molar-refractivity contribution in [3.05, 3.63) is 212 Å². The minimum absolute atomic E-state index is 0.140. The molecule has 0 aliphatic rings. The van der Waals surface area contributed by atoms with E-state index < -0.39 is 258 Å². The number of fused-ring (bicyclic) bond motifs is 9. The molecule has 3 heterocycles. The Morgan fingerprint density at radius 2 is 0.737 bits per heavy atom. The molecule has 0 N–H and O–H groups in total. The fraction of sp³-hybridized carbons (Fsp3) is 0. The van der Waals surface area contributed by atoms with Crippen LogP contribution in [0.25, 0.3) is 105 Å². The first kappa shape index (κ1) is 14.1. The molecular formula is C54H35N3. The van der Waals surface area contributed by atoms with Crippen molar-refractivity contribution < 1.29 is 41.1 Å². The number of nitrogens with zero attached hydrogens (tertiary/aromatic N) is 3. The summed E-state index contributed by atoms with van der Waals surface area (Å²) in [5.74, 6) is 0. The van der Waals surface area contributed by atoms with Gasteiger partial charge < -0.3 is 13.7 Å². The second-order valence-electron chi connectivity index (χ2n) is 12.7. The van der Waals surface area contributed by atoms with E-state index in [9.17, 15) is 15.1 Å². The molecule has 0 saturated heterocycles. The summed E-state index contributed by atoms with van der Waals surface area (Å²) in [6.45, 7) is 0. The standard InChI is InChI=1S/C54H35N3/c1-2-14-36(15-3-1)37-16-12-17-38(32-37)39-18-13-19-40(33-39)56-51-26-10-6-22-45(51)47-31-29-42(35-53(47)56)57-52-27-11-7-23-46(52)48-30-28-41(34-54(48)57)55-49-24-8-4-20-43(49)44-21-5-9-25-50(44)55/h1-35H/i1D,2D,3D,4D,5D,6D,7D,8D,9D,10D,11D,12D,14D,15D,16D,17D,20D,21D,22D,23D,24D,26D,27D,28D,29D,30D,31D,32D,34D,35D. The van der Waals surface area contributed by atoms with Gasteiger partial charge in [0.05, 0.1) is 74.2 Å². The molecule has 3 aromatic heterocycles. The van der Waals surface area contributed by atoms with Gasteiger partial charge in [0.1, 0.15) is 0 Å². The lowest BCUT2D eigenvalue weighted by atomic mass is 9.99. The molecule has 0 saturated carbocycles. The van der Waals surface area contributed by atoms with Crippen molar-refractivity contribution in [1.29, 1.82) is 0 Å². The van der Waals surface area contributed by atoms with E-state index in [0.717, 1.165) is 19.8 Å². The van der Waals surface area contributed by atoms with Gasteiger partial charge in [-0.1, -0.05) is 145 Å². The zero-order valence-corrected chi connectivity index (χ0v) is 28.7. The highest BCUT2D eigenvalue weighted by Crippen LogP contribution is 2.39. The van der Waals surface area contributed by atoms with Crippen LogP contribution in [-0.2, 0) is 0 Å². The number of para-hydroxylation sites is 4. The Morgan fingerprint density at radius 1 is 0.281 bits per heavy atom. The van der Waals surface area contributed by atoms with Gasteiger partial charge in [-0.25, -0.2) is 0 Å². The van der Waals surface area contributed by atoms with Crippen LogP contribution in [0, 0.1) is 0 Å². The zero-order valence-electron chi connectivity index (χ0n) is 58.7. The Bertz CT molecular complexity index is 5260. The predicted molar refractivity (Wildman–Crippen MR) is 240 cm³/mol. The number of benzene rings is 9. The zero-order chi connectivity index (χ0) is 63.6. The van der Waals surface area contributed by atoms with Gasteiger partial charge in [-0.15, -0.1) is 0 Å². The molecule has 57 heavy (non-hydrogen) atoms. The summed E-state index contributed by atoms with van der Waals surface area (Å²) in [6, 6.07) is -18.1. The van der Waals surface area contributed by atoms with E-state index in [0.29, 0.717) is 0 Å². The maximum absolute atomic E-state index is 10.4. The Labute approximate surface area is 371 Å². The molecule has 3 nitrogen and oxygen atoms in total. The number of hydrogen-bond donors (Lipinski definition) is 0. The normalized spacial score (nSPS) is 19.2. The average molecular weight is 756 g/mol. The van der Waals surface area contributed by atoms with Crippen LogP contribution in [0.4, 0.5) is 0 Å². The Morgan fingerprint density at radius 3 is 1.35 bits per heavy atom. The summed E-state index contributed by atoms with van der Waals surface area (Å²) in [4.78, 5) is 0. The second-order valence-corrected chi connectivity index (χ2v) is 12.7. The molecule has 0 bridgehead atoms. The van der Waals surface area contributed by atoms with E-state index in [-0.39, 0.29) is 27.5 Å². The highest BCUT2D eigenvalue weighted by molar-refractivity contribution is 6.13. The molecule has 12 rings (SSSR count). The summed E-state index contributed by atoms with van der Waals surface area (Å²) >= 11 is 0. The van der Waals surface area contributed by atoms with Crippen LogP contribution in [-0.4, -0.2) is 13.7 Å². The van der Waals surface area contributed by atoms with Crippen LogP contribution >= 0.6 is 0 Å². The molecule has 0 fully saturated rings. The van der Waals surface area contributed by atoms with E-state index in [1.807, 2.05) is 0 Å². The summed E-state index contributed by atoms with van der Waals surface area (Å²) in [7, 11) is 0. The SMILES string of the molecule is [2H]c1cc2c(c([2H])c1[2H])c1c([2H])c([2H])c([2H])c([2H])c1n2-c1c([2H])c([2H])c2c3c([2H])c([2H])c([2H])c([2H])c3n(-c3c([2H])c([2H])c4c5c([2H])c([2H])c([2H])c([2H])c5n(-c5cccc(-c6c([2H])c([2H])c([2H])c(-c7c([2H])c([2H])c([2H])c([2H])c7[2H])c6[2H])c5)c4c3[2H])c2c1[2H]. The van der Waals surface area contributed by atoms with Gasteiger partial charge in [0.15, 0.2) is 0 Å². The largest absolute Gasteiger partial charge is 0.309 e. The highest BCUT2D eigenvalue weighted by Gasteiger charge is 2.19. The van der Waals surface area contributed by atoms with Crippen LogP contribution in [0.1, 0.15) is 41.1 Å². The molecule has 0 atom stereocenters. The smallest absolute Gasteiger partial charge is 0.0667 e. The molecule has 0 spiro atoms. The fourth-order valence-corrected chi connectivity index (χ4v) is 7.21. The first-order valence-corrected chi connectivity index (χ1v) is 17.2. The van der Waals surface area contributed by atoms with Gasteiger partial charge in [-0.3, -0.25) is 0 Å². The number of rotatable bonds is 5. The van der Waals surface area contributed by atoms with Crippen LogP contribution in [0.15, 0.2) is 212 Å². The Balaban J connectivity index is 1.27. The Hall–Kier alpha value is -7.62. The van der Waals surface area contributed by atoms with Crippen molar-refractivity contribution in [3.63, 3.8) is 0 Å². The van der Waals surface area contributed by atoms with Crippen molar-refractivity contribution in [2.24, 2.45) is 0 Å². The van der Waals surface area contributed by atoms with Crippen LogP contribution in [0.5, 0.6) is 0 Å². The van der Waals surface area contributed by atoms with Crippen molar-refractivity contribution in [2.45, 2.75) is 0 Å². The topological polar surface area (TPSA) is 14.8 Å². The maximum atomic E-state index is 10.4. The van der Waals surface area contributed by atoms with Gasteiger partial charge in [-0.05, 0) is 88.8 Å². The number of hydrogen-bond acceptors (Lipinski definition) is 0.